The largest absolute Gasteiger partial charge is 0.497 e. The van der Waals surface area contributed by atoms with Crippen molar-refractivity contribution in [3.8, 4) is 11.5 Å². The van der Waals surface area contributed by atoms with Crippen LogP contribution in [0.4, 0.5) is 20.6 Å². The highest BCUT2D eigenvalue weighted by atomic mass is 32.2. The fourth-order valence-electron chi connectivity index (χ4n) is 4.62. The lowest BCUT2D eigenvalue weighted by Gasteiger charge is -2.38. The van der Waals surface area contributed by atoms with Crippen molar-refractivity contribution in [3.63, 3.8) is 0 Å². The highest BCUT2D eigenvalue weighted by molar-refractivity contribution is 7.89. The Morgan fingerprint density at radius 1 is 1.12 bits per heavy atom. The Kier molecular flexibility index (Phi) is 9.89. The van der Waals surface area contributed by atoms with Crippen LogP contribution >= 0.6 is 0 Å². The number of carbonyl (C=O) groups is 2. The minimum Gasteiger partial charge on any atom is -0.497 e. The summed E-state index contributed by atoms with van der Waals surface area (Å²) in [6.07, 6.45) is -0.697. The maximum Gasteiger partial charge on any atom is 0.323 e. The number of fused-ring (bicyclic) bond motifs is 1. The summed E-state index contributed by atoms with van der Waals surface area (Å²) in [6.45, 7) is 3.35. The summed E-state index contributed by atoms with van der Waals surface area (Å²) in [5, 5.41) is 15.3. The van der Waals surface area contributed by atoms with Crippen molar-refractivity contribution >= 4 is 33.3 Å². The summed E-state index contributed by atoms with van der Waals surface area (Å²) in [5.74, 6) is -0.464. The number of nitrogens with zero attached hydrogens (tertiary/aromatic N) is 2. The Morgan fingerprint density at radius 2 is 1.74 bits per heavy atom. The number of likely N-dealkylation sites (N-methyl/N-ethyl adjacent to an activating group) is 1. The van der Waals surface area contributed by atoms with Crippen LogP contribution in [-0.4, -0.2) is 80.7 Å². The number of ether oxygens (including phenoxy) is 2. The number of methoxy groups -OCH3 is 1. The summed E-state index contributed by atoms with van der Waals surface area (Å²) in [7, 11) is -1.02. The lowest BCUT2D eigenvalue weighted by Crippen LogP contribution is -2.50. The first-order valence-corrected chi connectivity index (χ1v) is 15.0. The van der Waals surface area contributed by atoms with Crippen molar-refractivity contribution in [1.82, 2.24) is 9.21 Å². The van der Waals surface area contributed by atoms with Crippen LogP contribution < -0.4 is 20.1 Å². The number of anilines is 2. The fourth-order valence-corrected chi connectivity index (χ4v) is 5.81. The molecule has 0 spiro atoms. The van der Waals surface area contributed by atoms with Crippen molar-refractivity contribution < 1.29 is 37.0 Å². The zero-order valence-corrected chi connectivity index (χ0v) is 25.1. The van der Waals surface area contributed by atoms with E-state index < -0.39 is 39.9 Å². The summed E-state index contributed by atoms with van der Waals surface area (Å²) in [5.41, 5.74) is 0.992. The van der Waals surface area contributed by atoms with Gasteiger partial charge in [0.05, 0.1) is 36.8 Å². The van der Waals surface area contributed by atoms with Gasteiger partial charge in [0.1, 0.15) is 23.4 Å². The molecule has 1 aliphatic heterocycles. The van der Waals surface area contributed by atoms with Crippen LogP contribution in [0.2, 0.25) is 0 Å². The van der Waals surface area contributed by atoms with Gasteiger partial charge in [-0.2, -0.15) is 4.31 Å². The molecule has 1 heterocycles. The summed E-state index contributed by atoms with van der Waals surface area (Å²) in [6, 6.07) is 14.8. The minimum absolute atomic E-state index is 0.0652. The molecule has 3 aromatic rings. The number of sulfonamides is 1. The molecule has 0 unspecified atom stereocenters. The first-order valence-electron chi connectivity index (χ1n) is 13.6. The molecule has 0 bridgehead atoms. The molecule has 4 rings (SSSR count). The number of aliphatic hydroxyl groups excluding tert-OH is 1. The van der Waals surface area contributed by atoms with Gasteiger partial charge in [-0.3, -0.25) is 4.79 Å². The summed E-state index contributed by atoms with van der Waals surface area (Å²) in [4.78, 5) is 27.8. The van der Waals surface area contributed by atoms with E-state index in [1.165, 1.54) is 36.2 Å². The van der Waals surface area contributed by atoms with Gasteiger partial charge in [-0.05, 0) is 73.7 Å². The van der Waals surface area contributed by atoms with Gasteiger partial charge in [0.25, 0.3) is 5.91 Å². The van der Waals surface area contributed by atoms with Crippen molar-refractivity contribution in [3.05, 3.63) is 78.1 Å². The smallest absolute Gasteiger partial charge is 0.323 e. The Hall–Kier alpha value is -4.20. The molecule has 3 amide bonds. The van der Waals surface area contributed by atoms with Gasteiger partial charge in [-0.15, -0.1) is 0 Å². The van der Waals surface area contributed by atoms with Gasteiger partial charge in [0, 0.05) is 30.9 Å². The van der Waals surface area contributed by atoms with E-state index in [-0.39, 0.29) is 41.8 Å². The van der Waals surface area contributed by atoms with E-state index >= 15 is 0 Å². The number of aliphatic hydroxyl groups is 1. The number of hydrogen-bond donors (Lipinski definition) is 3. The van der Waals surface area contributed by atoms with Crippen LogP contribution in [0.25, 0.3) is 0 Å². The van der Waals surface area contributed by atoms with Crippen molar-refractivity contribution in [2.75, 3.05) is 44.5 Å². The first-order chi connectivity index (χ1) is 20.4. The third-order valence-electron chi connectivity index (χ3n) is 7.23. The highest BCUT2D eigenvalue weighted by Gasteiger charge is 2.35. The van der Waals surface area contributed by atoms with E-state index in [0.29, 0.717) is 17.1 Å². The topological polar surface area (TPSA) is 138 Å². The minimum atomic E-state index is -3.97. The maximum absolute atomic E-state index is 13.7. The second kappa shape index (κ2) is 13.4. The molecule has 0 aliphatic carbocycles. The van der Waals surface area contributed by atoms with Gasteiger partial charge < -0.3 is 30.1 Å². The molecular weight excluding hydrogens is 579 g/mol. The van der Waals surface area contributed by atoms with Gasteiger partial charge in [0.15, 0.2) is 0 Å². The van der Waals surface area contributed by atoms with E-state index in [0.717, 1.165) is 16.4 Å². The first kappa shape index (κ1) is 31.7. The summed E-state index contributed by atoms with van der Waals surface area (Å²) >= 11 is 0. The van der Waals surface area contributed by atoms with Crippen LogP contribution in [0.1, 0.15) is 24.2 Å². The Balaban J connectivity index is 1.59. The molecule has 1 aliphatic rings. The van der Waals surface area contributed by atoms with E-state index in [4.69, 9.17) is 9.47 Å². The Labute approximate surface area is 250 Å². The maximum atomic E-state index is 13.7. The van der Waals surface area contributed by atoms with E-state index in [9.17, 15) is 27.5 Å². The normalized spacial score (nSPS) is 17.7. The molecule has 13 heteroatoms. The molecule has 0 saturated heterocycles. The predicted molar refractivity (Wildman–Crippen MR) is 159 cm³/mol. The molecule has 0 saturated carbocycles. The lowest BCUT2D eigenvalue weighted by atomic mass is 9.99. The summed E-state index contributed by atoms with van der Waals surface area (Å²) < 4.78 is 52.3. The Morgan fingerprint density at radius 3 is 2.37 bits per heavy atom. The second-order valence-corrected chi connectivity index (χ2v) is 12.4. The van der Waals surface area contributed by atoms with Crippen LogP contribution in [0.15, 0.2) is 71.6 Å². The van der Waals surface area contributed by atoms with E-state index in [2.05, 4.69) is 10.6 Å². The number of nitrogens with one attached hydrogen (secondary N) is 2. The fraction of sp³-hybridized carbons (Fsp3) is 0.333. The number of hydrogen-bond acceptors (Lipinski definition) is 7. The highest BCUT2D eigenvalue weighted by Crippen LogP contribution is 2.31. The molecule has 3 atom stereocenters. The average Bonchev–Trinajstić information content (AvgIpc) is 2.99. The van der Waals surface area contributed by atoms with E-state index in [1.54, 1.807) is 44.4 Å². The van der Waals surface area contributed by atoms with Crippen molar-refractivity contribution in [1.29, 1.82) is 0 Å². The number of carbonyl (C=O) groups excluding carboxylic acids is 2. The predicted octanol–water partition coefficient (Wildman–Crippen LogP) is 4.02. The number of halogens is 1. The Bertz CT molecular complexity index is 1550. The lowest BCUT2D eigenvalue weighted by molar-refractivity contribution is 0.0387. The molecule has 0 aromatic heterocycles. The number of rotatable bonds is 9. The SMILES string of the molecule is COc1ccc(NC(=O)Nc2ccc3c(c2)C(=O)N([C@@H](C)CO)C[C@H](C)[C@@H](CN(C)S(=O)(=O)c2ccc(F)cc2)O3)cc1. The molecule has 11 nitrogen and oxygen atoms in total. The van der Waals surface area contributed by atoms with Crippen LogP contribution in [0, 0.1) is 11.7 Å². The van der Waals surface area contributed by atoms with Crippen LogP contribution in [-0.2, 0) is 10.0 Å². The standard InChI is InChI=1S/C30H35FN4O7S/c1-19-16-35(20(2)18-36)29(37)26-15-23(33-30(38)32-22-7-10-24(41-4)11-8-22)9-14-27(26)42-28(19)17-34(3)43(39,40)25-12-5-21(31)6-13-25/h5-15,19-20,28,36H,16-18H2,1-4H3,(H2,32,33,38)/t19-,20-,28+/m0/s1. The van der Waals surface area contributed by atoms with Crippen molar-refractivity contribution in [2.45, 2.75) is 30.9 Å². The quantitative estimate of drug-likeness (QED) is 0.331. The zero-order chi connectivity index (χ0) is 31.3. The zero-order valence-electron chi connectivity index (χ0n) is 24.3. The van der Waals surface area contributed by atoms with Gasteiger partial charge in [-0.25, -0.2) is 17.6 Å². The van der Waals surface area contributed by atoms with E-state index in [1.807, 2.05) is 6.92 Å². The molecule has 3 aromatic carbocycles. The molecule has 0 radical (unpaired) electrons. The van der Waals surface area contributed by atoms with Crippen LogP contribution in [0.5, 0.6) is 11.5 Å². The number of urea groups is 1. The molecule has 230 valence electrons. The average molecular weight is 615 g/mol. The molecule has 0 fully saturated rings. The second-order valence-electron chi connectivity index (χ2n) is 10.4. The number of amides is 3. The molecular formula is C30H35FN4O7S. The number of benzene rings is 3. The van der Waals surface area contributed by atoms with Crippen LogP contribution in [0.3, 0.4) is 0 Å². The van der Waals surface area contributed by atoms with Gasteiger partial charge >= 0.3 is 6.03 Å². The molecule has 43 heavy (non-hydrogen) atoms. The van der Waals surface area contributed by atoms with Gasteiger partial charge in [0.2, 0.25) is 10.0 Å². The molecule has 3 N–H and O–H groups in total. The van der Waals surface area contributed by atoms with Gasteiger partial charge in [-0.1, -0.05) is 6.92 Å². The van der Waals surface area contributed by atoms with Crippen molar-refractivity contribution in [2.24, 2.45) is 5.92 Å². The third-order valence-corrected chi connectivity index (χ3v) is 9.07. The third kappa shape index (κ3) is 7.42. The monoisotopic (exact) mass is 614 g/mol.